The van der Waals surface area contributed by atoms with E-state index in [0.29, 0.717) is 14.5 Å². The van der Waals surface area contributed by atoms with Gasteiger partial charge in [-0.2, -0.15) is 0 Å². The Morgan fingerprint density at radius 2 is 2.03 bits per heavy atom. The Balaban J connectivity index is 1.60. The van der Waals surface area contributed by atoms with Gasteiger partial charge in [-0.05, 0) is 43.2 Å². The van der Waals surface area contributed by atoms with Crippen LogP contribution in [0.5, 0.6) is 0 Å². The predicted molar refractivity (Wildman–Crippen MR) is 117 cm³/mol. The van der Waals surface area contributed by atoms with Gasteiger partial charge in [0.15, 0.2) is 4.34 Å². The molecule has 0 radical (unpaired) electrons. The molecule has 0 saturated carbocycles. The Morgan fingerprint density at radius 1 is 1.24 bits per heavy atom. The van der Waals surface area contributed by atoms with Crippen LogP contribution in [0, 0.1) is 24.0 Å². The fraction of sp³-hybridized carbons (Fsp3) is 0.167. The fourth-order valence-electron chi connectivity index (χ4n) is 2.40. The van der Waals surface area contributed by atoms with Gasteiger partial charge in [0.25, 0.3) is 5.69 Å². The number of aryl methyl sites for hydroxylation is 1. The van der Waals surface area contributed by atoms with Crippen molar-refractivity contribution in [2.24, 2.45) is 0 Å². The van der Waals surface area contributed by atoms with Crippen LogP contribution in [0.3, 0.4) is 0 Å². The third-order valence-corrected chi connectivity index (χ3v) is 6.22. The van der Waals surface area contributed by atoms with Gasteiger partial charge in [0.1, 0.15) is 5.69 Å². The van der Waals surface area contributed by atoms with Gasteiger partial charge in [0.05, 0.1) is 10.7 Å². The van der Waals surface area contributed by atoms with Crippen LogP contribution in [-0.2, 0) is 4.79 Å². The molecule has 0 bridgehead atoms. The number of aromatic nitrogens is 2. The van der Waals surface area contributed by atoms with Crippen molar-refractivity contribution in [2.45, 2.75) is 18.2 Å². The lowest BCUT2D eigenvalue weighted by Gasteiger charge is -2.08. The number of anilines is 3. The minimum atomic E-state index is -0.574. The van der Waals surface area contributed by atoms with Crippen molar-refractivity contribution in [3.05, 3.63) is 62.7 Å². The van der Waals surface area contributed by atoms with Gasteiger partial charge in [0, 0.05) is 16.8 Å². The third kappa shape index (κ3) is 5.43. The molecule has 2 N–H and O–H groups in total. The van der Waals surface area contributed by atoms with Gasteiger partial charge in [-0.15, -0.1) is 10.2 Å². The summed E-state index contributed by atoms with van der Waals surface area (Å²) in [5.74, 6) is -0.374. The van der Waals surface area contributed by atoms with Crippen molar-refractivity contribution in [2.75, 3.05) is 16.4 Å². The second-order valence-corrected chi connectivity index (χ2v) is 8.64. The Morgan fingerprint density at radius 3 is 2.79 bits per heavy atom. The summed E-state index contributed by atoms with van der Waals surface area (Å²) < 4.78 is 0.605. The number of amides is 1. The quantitative estimate of drug-likeness (QED) is 0.290. The highest BCUT2D eigenvalue weighted by molar-refractivity contribution is 8.01. The number of thioether (sulfide) groups is 1. The molecule has 11 heteroatoms. The SMILES string of the molecule is Cc1cccc(Nc2nnc(SCC(=O)Nc3cc(Cl)ccc3[N+](=O)[O-])s2)c1C. The van der Waals surface area contributed by atoms with Gasteiger partial charge < -0.3 is 10.6 Å². The zero-order valence-corrected chi connectivity index (χ0v) is 17.8. The maximum Gasteiger partial charge on any atom is 0.292 e. The largest absolute Gasteiger partial charge is 0.330 e. The predicted octanol–water partition coefficient (Wildman–Crippen LogP) is 5.19. The van der Waals surface area contributed by atoms with E-state index < -0.39 is 10.8 Å². The second-order valence-electron chi connectivity index (χ2n) is 6.00. The number of halogens is 1. The summed E-state index contributed by atoms with van der Waals surface area (Å²) in [6.07, 6.45) is 0. The normalized spacial score (nSPS) is 10.6. The first-order valence-corrected chi connectivity index (χ1v) is 10.5. The van der Waals surface area contributed by atoms with E-state index in [2.05, 4.69) is 20.8 Å². The van der Waals surface area contributed by atoms with Crippen molar-refractivity contribution in [1.29, 1.82) is 0 Å². The lowest BCUT2D eigenvalue weighted by atomic mass is 10.1. The molecule has 0 fully saturated rings. The fourth-order valence-corrected chi connectivity index (χ4v) is 4.14. The number of benzene rings is 2. The summed E-state index contributed by atoms with van der Waals surface area (Å²) >= 11 is 8.38. The van der Waals surface area contributed by atoms with Crippen molar-refractivity contribution in [3.8, 4) is 0 Å². The van der Waals surface area contributed by atoms with E-state index in [1.165, 1.54) is 46.9 Å². The molecule has 0 aliphatic carbocycles. The Bertz CT molecular complexity index is 1070. The number of hydrogen-bond donors (Lipinski definition) is 2. The van der Waals surface area contributed by atoms with Crippen LogP contribution in [-0.4, -0.2) is 26.8 Å². The van der Waals surface area contributed by atoms with Gasteiger partial charge in [-0.25, -0.2) is 0 Å². The van der Waals surface area contributed by atoms with Crippen molar-refractivity contribution in [1.82, 2.24) is 10.2 Å². The third-order valence-electron chi connectivity index (χ3n) is 4.01. The average molecular weight is 450 g/mol. The monoisotopic (exact) mass is 449 g/mol. The molecule has 3 aromatic rings. The summed E-state index contributed by atoms with van der Waals surface area (Å²) in [5, 5.41) is 25.9. The highest BCUT2D eigenvalue weighted by Gasteiger charge is 2.17. The summed E-state index contributed by atoms with van der Waals surface area (Å²) in [4.78, 5) is 22.7. The van der Waals surface area contributed by atoms with Crippen LogP contribution in [0.1, 0.15) is 11.1 Å². The first kappa shape index (κ1) is 21.0. The van der Waals surface area contributed by atoms with E-state index in [4.69, 9.17) is 11.6 Å². The molecule has 8 nitrogen and oxygen atoms in total. The van der Waals surface area contributed by atoms with E-state index in [0.717, 1.165) is 11.3 Å². The van der Waals surface area contributed by atoms with Gasteiger partial charge in [-0.3, -0.25) is 14.9 Å². The topological polar surface area (TPSA) is 110 Å². The molecular weight excluding hydrogens is 434 g/mol. The molecule has 0 spiro atoms. The number of nitro benzene ring substituents is 1. The van der Waals surface area contributed by atoms with Crippen LogP contribution in [0.25, 0.3) is 0 Å². The van der Waals surface area contributed by atoms with E-state index in [-0.39, 0.29) is 17.1 Å². The summed E-state index contributed by atoms with van der Waals surface area (Å²) in [5.41, 5.74) is 3.08. The number of carbonyl (C=O) groups is 1. The average Bonchev–Trinajstić information content (AvgIpc) is 3.11. The lowest BCUT2D eigenvalue weighted by molar-refractivity contribution is -0.383. The Kier molecular flexibility index (Phi) is 6.68. The van der Waals surface area contributed by atoms with E-state index >= 15 is 0 Å². The van der Waals surface area contributed by atoms with Crippen LogP contribution in [0.4, 0.5) is 22.2 Å². The smallest absolute Gasteiger partial charge is 0.292 e. The standard InChI is InChI=1S/C18H16ClN5O3S2/c1-10-4-3-5-13(11(10)2)21-17-22-23-18(29-17)28-9-16(25)20-14-8-12(19)6-7-15(14)24(26)27/h3-8H,9H2,1-2H3,(H,20,25)(H,21,22). The highest BCUT2D eigenvalue weighted by atomic mass is 35.5. The minimum absolute atomic E-state index is 0.0295. The Hall–Kier alpha value is -2.69. The molecule has 2 aromatic carbocycles. The molecule has 1 amide bonds. The molecule has 3 rings (SSSR count). The molecular formula is C18H16ClN5O3S2. The van der Waals surface area contributed by atoms with Crippen molar-refractivity contribution >= 4 is 62.8 Å². The molecule has 1 aromatic heterocycles. The number of nitrogens with zero attached hydrogens (tertiary/aromatic N) is 3. The molecule has 0 aliphatic heterocycles. The first-order chi connectivity index (χ1) is 13.8. The number of hydrogen-bond acceptors (Lipinski definition) is 8. The van der Waals surface area contributed by atoms with Crippen molar-refractivity contribution in [3.63, 3.8) is 0 Å². The van der Waals surface area contributed by atoms with Gasteiger partial charge in [0.2, 0.25) is 11.0 Å². The van der Waals surface area contributed by atoms with Crippen LogP contribution < -0.4 is 10.6 Å². The second kappa shape index (κ2) is 9.21. The van der Waals surface area contributed by atoms with Crippen molar-refractivity contribution < 1.29 is 9.72 Å². The van der Waals surface area contributed by atoms with E-state index in [9.17, 15) is 14.9 Å². The molecule has 29 heavy (non-hydrogen) atoms. The zero-order valence-electron chi connectivity index (χ0n) is 15.4. The van der Waals surface area contributed by atoms with Crippen LogP contribution in [0.2, 0.25) is 5.02 Å². The summed E-state index contributed by atoms with van der Waals surface area (Å²) in [6.45, 7) is 4.05. The molecule has 0 atom stereocenters. The molecule has 1 heterocycles. The summed E-state index contributed by atoms with van der Waals surface area (Å²) in [6, 6.07) is 9.95. The van der Waals surface area contributed by atoms with Gasteiger partial charge in [-0.1, -0.05) is 46.8 Å². The van der Waals surface area contributed by atoms with Gasteiger partial charge >= 0.3 is 0 Å². The Labute approximate surface area is 179 Å². The lowest BCUT2D eigenvalue weighted by Crippen LogP contribution is -2.15. The van der Waals surface area contributed by atoms with Crippen LogP contribution in [0.15, 0.2) is 40.7 Å². The highest BCUT2D eigenvalue weighted by Crippen LogP contribution is 2.31. The maximum absolute atomic E-state index is 12.2. The number of nitrogens with one attached hydrogen (secondary N) is 2. The molecule has 150 valence electrons. The number of rotatable bonds is 7. The van der Waals surface area contributed by atoms with Crippen LogP contribution >= 0.6 is 34.7 Å². The first-order valence-electron chi connectivity index (χ1n) is 8.37. The number of carbonyl (C=O) groups excluding carboxylic acids is 1. The van der Waals surface area contributed by atoms with E-state index in [1.807, 2.05) is 32.0 Å². The molecule has 0 saturated heterocycles. The maximum atomic E-state index is 12.2. The minimum Gasteiger partial charge on any atom is -0.330 e. The molecule has 0 aliphatic rings. The summed E-state index contributed by atoms with van der Waals surface area (Å²) in [7, 11) is 0. The number of nitro groups is 1. The van der Waals surface area contributed by atoms with E-state index in [1.54, 1.807) is 0 Å². The zero-order chi connectivity index (χ0) is 21.0. The molecule has 0 unspecified atom stereocenters.